The number of carbonyl (C=O) groups is 1. The molecule has 1 aliphatic heterocycles. The molecule has 0 amide bonds. The number of carbonyl (C=O) groups excluding carboxylic acids is 1. The average molecular weight is 521 g/mol. The highest BCUT2D eigenvalue weighted by atomic mass is 32.1. The van der Waals surface area contributed by atoms with E-state index in [-0.39, 0.29) is 17.9 Å². The highest BCUT2D eigenvalue weighted by Gasteiger charge is 2.33. The van der Waals surface area contributed by atoms with Crippen molar-refractivity contribution in [1.82, 2.24) is 4.57 Å². The summed E-state index contributed by atoms with van der Waals surface area (Å²) in [6.45, 7) is 9.92. The van der Waals surface area contributed by atoms with Crippen LogP contribution in [0.5, 0.6) is 17.2 Å². The molecule has 0 fully saturated rings. The van der Waals surface area contributed by atoms with Gasteiger partial charge in [-0.3, -0.25) is 9.36 Å². The van der Waals surface area contributed by atoms with Crippen LogP contribution in [-0.2, 0) is 9.53 Å². The Balaban J connectivity index is 1.87. The van der Waals surface area contributed by atoms with Gasteiger partial charge in [-0.1, -0.05) is 42.2 Å². The fraction of sp³-hybridized carbons (Fsp3) is 0.250. The average Bonchev–Trinajstić information content (AvgIpc) is 3.18. The lowest BCUT2D eigenvalue weighted by Crippen LogP contribution is -2.39. The first-order valence-electron chi connectivity index (χ1n) is 11.9. The van der Waals surface area contributed by atoms with E-state index in [4.69, 9.17) is 14.2 Å². The number of fused-ring (bicyclic) bond motifs is 1. The van der Waals surface area contributed by atoms with E-state index in [1.807, 2.05) is 19.1 Å². The van der Waals surface area contributed by atoms with Gasteiger partial charge in [0.1, 0.15) is 12.4 Å². The molecule has 1 atom stereocenters. The lowest BCUT2D eigenvalue weighted by Gasteiger charge is -2.24. The molecule has 2 heterocycles. The third-order valence-corrected chi connectivity index (χ3v) is 6.65. The zero-order valence-electron chi connectivity index (χ0n) is 20.9. The van der Waals surface area contributed by atoms with E-state index >= 15 is 0 Å². The van der Waals surface area contributed by atoms with E-state index in [1.165, 1.54) is 22.0 Å². The van der Waals surface area contributed by atoms with Crippen molar-refractivity contribution in [2.75, 3.05) is 19.8 Å². The van der Waals surface area contributed by atoms with Crippen LogP contribution in [0, 0.1) is 0 Å². The molecule has 1 aromatic heterocycles. The molecule has 1 N–H and O–H groups in total. The second-order valence-corrected chi connectivity index (χ2v) is 9.14. The maximum Gasteiger partial charge on any atom is 0.338 e. The number of ether oxygens (including phenoxy) is 3. The summed E-state index contributed by atoms with van der Waals surface area (Å²) in [7, 11) is 0. The quantitative estimate of drug-likeness (QED) is 0.343. The van der Waals surface area contributed by atoms with Crippen molar-refractivity contribution in [1.29, 1.82) is 0 Å². The Bertz CT molecular complexity index is 1530. The van der Waals surface area contributed by atoms with E-state index < -0.39 is 12.0 Å². The van der Waals surface area contributed by atoms with Gasteiger partial charge in [0, 0.05) is 0 Å². The minimum Gasteiger partial charge on any atom is -0.504 e. The van der Waals surface area contributed by atoms with Crippen LogP contribution in [0.4, 0.5) is 0 Å². The summed E-state index contributed by atoms with van der Waals surface area (Å²) in [4.78, 5) is 31.8. The standard InChI is InChI=1S/C28H28N2O6S/c1-5-14-36-20-11-9-19(10-12-20)25-24(27(33)35-7-3)17(4)29-28-30(25)26(32)23(37-28)16-18-8-13-21(31)22(15-18)34-6-2/h5,8-13,15-16,25,31H,1,6-7,14H2,2-4H3/b23-16+. The molecule has 0 aliphatic carbocycles. The molecule has 8 nitrogen and oxygen atoms in total. The number of benzene rings is 2. The molecule has 1 aliphatic rings. The number of aromatic nitrogens is 1. The van der Waals surface area contributed by atoms with E-state index in [2.05, 4.69) is 11.6 Å². The Morgan fingerprint density at radius 1 is 1.16 bits per heavy atom. The van der Waals surface area contributed by atoms with Gasteiger partial charge in [0.25, 0.3) is 5.56 Å². The number of hydrogen-bond donors (Lipinski definition) is 1. The van der Waals surface area contributed by atoms with Crippen molar-refractivity contribution in [2.24, 2.45) is 4.99 Å². The zero-order valence-corrected chi connectivity index (χ0v) is 21.7. The van der Waals surface area contributed by atoms with Crippen LogP contribution in [0.2, 0.25) is 0 Å². The van der Waals surface area contributed by atoms with Crippen LogP contribution in [0.3, 0.4) is 0 Å². The lowest BCUT2D eigenvalue weighted by molar-refractivity contribution is -0.139. The first-order valence-corrected chi connectivity index (χ1v) is 12.7. The summed E-state index contributed by atoms with van der Waals surface area (Å²) in [6.07, 6.45) is 3.38. The van der Waals surface area contributed by atoms with Gasteiger partial charge in [-0.15, -0.1) is 0 Å². The number of aromatic hydroxyl groups is 1. The summed E-state index contributed by atoms with van der Waals surface area (Å²) in [5.41, 5.74) is 1.92. The van der Waals surface area contributed by atoms with E-state index in [9.17, 15) is 14.7 Å². The fourth-order valence-electron chi connectivity index (χ4n) is 4.05. The zero-order chi connectivity index (χ0) is 26.5. The Morgan fingerprint density at radius 3 is 2.59 bits per heavy atom. The first kappa shape index (κ1) is 26.0. The molecule has 3 aromatic rings. The molecule has 0 bridgehead atoms. The number of allylic oxidation sites excluding steroid dienone is 1. The van der Waals surface area contributed by atoms with Crippen molar-refractivity contribution in [3.05, 3.63) is 97.2 Å². The van der Waals surface area contributed by atoms with Crippen molar-refractivity contribution in [3.8, 4) is 17.2 Å². The summed E-state index contributed by atoms with van der Waals surface area (Å²) < 4.78 is 18.4. The third-order valence-electron chi connectivity index (χ3n) is 5.66. The number of phenols is 1. The Kier molecular flexibility index (Phi) is 7.93. The van der Waals surface area contributed by atoms with Gasteiger partial charge in [0.05, 0.1) is 35.1 Å². The highest BCUT2D eigenvalue weighted by molar-refractivity contribution is 7.07. The first-order chi connectivity index (χ1) is 17.9. The number of nitrogens with zero attached hydrogens (tertiary/aromatic N) is 2. The minimum atomic E-state index is -0.718. The summed E-state index contributed by atoms with van der Waals surface area (Å²) in [5, 5.41) is 10.0. The number of rotatable bonds is 9. The van der Waals surface area contributed by atoms with Crippen molar-refractivity contribution in [3.63, 3.8) is 0 Å². The van der Waals surface area contributed by atoms with Gasteiger partial charge in [-0.2, -0.15) is 0 Å². The second-order valence-electron chi connectivity index (χ2n) is 8.13. The van der Waals surface area contributed by atoms with Gasteiger partial charge in [0.2, 0.25) is 0 Å². The smallest absolute Gasteiger partial charge is 0.338 e. The molecular formula is C28H28N2O6S. The SMILES string of the molecule is C=CCOc1ccc(C2C(C(=O)OCC)=C(C)N=c3s/c(=C/c4ccc(O)c(OCC)c4)c(=O)n32)cc1. The Labute approximate surface area is 218 Å². The lowest BCUT2D eigenvalue weighted by atomic mass is 9.96. The number of hydrogen-bond acceptors (Lipinski definition) is 8. The number of esters is 1. The largest absolute Gasteiger partial charge is 0.504 e. The fourth-order valence-corrected chi connectivity index (χ4v) is 5.10. The van der Waals surface area contributed by atoms with E-state index in [0.29, 0.717) is 50.9 Å². The summed E-state index contributed by atoms with van der Waals surface area (Å²) >= 11 is 1.23. The minimum absolute atomic E-state index is 0.0238. The maximum absolute atomic E-state index is 13.7. The van der Waals surface area contributed by atoms with Crippen molar-refractivity contribution >= 4 is 23.4 Å². The number of phenolic OH excluding ortho intramolecular Hbond substituents is 1. The molecule has 2 aromatic carbocycles. The molecule has 0 spiro atoms. The third kappa shape index (κ3) is 5.36. The number of thiazole rings is 1. The van der Waals surface area contributed by atoms with Crippen LogP contribution < -0.4 is 24.4 Å². The van der Waals surface area contributed by atoms with E-state index in [0.717, 1.165) is 5.56 Å². The maximum atomic E-state index is 13.7. The molecule has 192 valence electrons. The van der Waals surface area contributed by atoms with Gasteiger partial charge >= 0.3 is 5.97 Å². The Morgan fingerprint density at radius 2 is 1.92 bits per heavy atom. The van der Waals surface area contributed by atoms with Crippen LogP contribution in [-0.4, -0.2) is 35.5 Å². The summed E-state index contributed by atoms with van der Waals surface area (Å²) in [6, 6.07) is 11.4. The van der Waals surface area contributed by atoms with Gasteiger partial charge in [0.15, 0.2) is 16.3 Å². The molecular weight excluding hydrogens is 492 g/mol. The van der Waals surface area contributed by atoms with Crippen molar-refractivity contribution in [2.45, 2.75) is 26.8 Å². The Hall–Kier alpha value is -4.11. The molecule has 37 heavy (non-hydrogen) atoms. The van der Waals surface area contributed by atoms with Crippen LogP contribution >= 0.6 is 11.3 Å². The van der Waals surface area contributed by atoms with Gasteiger partial charge in [-0.05, 0) is 62.2 Å². The summed E-state index contributed by atoms with van der Waals surface area (Å²) in [5.74, 6) is 0.485. The van der Waals surface area contributed by atoms with Crippen LogP contribution in [0.1, 0.15) is 37.9 Å². The topological polar surface area (TPSA) is 99.4 Å². The van der Waals surface area contributed by atoms with Crippen LogP contribution in [0.25, 0.3) is 6.08 Å². The van der Waals surface area contributed by atoms with Crippen LogP contribution in [0.15, 0.2) is 76.2 Å². The molecule has 0 radical (unpaired) electrons. The molecule has 9 heteroatoms. The molecule has 0 saturated carbocycles. The molecule has 4 rings (SSSR count). The monoisotopic (exact) mass is 520 g/mol. The van der Waals surface area contributed by atoms with Gasteiger partial charge < -0.3 is 19.3 Å². The van der Waals surface area contributed by atoms with E-state index in [1.54, 1.807) is 50.3 Å². The predicted molar refractivity (Wildman–Crippen MR) is 142 cm³/mol. The second kappa shape index (κ2) is 11.3. The highest BCUT2D eigenvalue weighted by Crippen LogP contribution is 2.32. The molecule has 1 unspecified atom stereocenters. The van der Waals surface area contributed by atoms with Crippen molar-refractivity contribution < 1.29 is 24.1 Å². The normalized spacial score (nSPS) is 15.1. The molecule has 0 saturated heterocycles. The van der Waals surface area contributed by atoms with Gasteiger partial charge in [-0.25, -0.2) is 9.79 Å². The predicted octanol–water partition coefficient (Wildman–Crippen LogP) is 3.47.